The second kappa shape index (κ2) is 9.08. The maximum absolute atomic E-state index is 12.3. The van der Waals surface area contributed by atoms with Gasteiger partial charge in [-0.2, -0.15) is 0 Å². The fourth-order valence-corrected chi connectivity index (χ4v) is 2.92. The van der Waals surface area contributed by atoms with Gasteiger partial charge in [0.25, 0.3) is 5.91 Å². The first-order chi connectivity index (χ1) is 13.6. The average molecular weight is 374 g/mol. The van der Waals surface area contributed by atoms with Gasteiger partial charge < -0.3 is 16.2 Å². The molecule has 0 aliphatic rings. The Morgan fingerprint density at radius 2 is 1.25 bits per heavy atom. The minimum absolute atomic E-state index is 0.0586. The molecule has 0 aromatic heterocycles. The van der Waals surface area contributed by atoms with E-state index in [-0.39, 0.29) is 6.54 Å². The monoisotopic (exact) mass is 374 g/mol. The average Bonchev–Trinajstić information content (AvgIpc) is 2.77. The molecule has 0 fully saturated rings. The number of carbonyl (C=O) groups is 2. The van der Waals surface area contributed by atoms with E-state index in [0.29, 0.717) is 5.56 Å². The molecule has 0 spiro atoms. The first kappa shape index (κ1) is 19.5. The number of aliphatic hydroxyl groups excluding tert-OH is 1. The maximum Gasteiger partial charge on any atom is 0.251 e. The van der Waals surface area contributed by atoms with Crippen LogP contribution in [0.5, 0.6) is 0 Å². The second-order valence-corrected chi connectivity index (χ2v) is 6.41. The quantitative estimate of drug-likeness (QED) is 0.593. The molecule has 0 aliphatic heterocycles. The number of Topliss-reactive ketones (excluding diaryl/α,β-unsaturated/α-hetero) is 1. The Balaban J connectivity index is 1.72. The van der Waals surface area contributed by atoms with E-state index in [2.05, 4.69) is 29.6 Å². The summed E-state index contributed by atoms with van der Waals surface area (Å²) in [6.07, 6.45) is 0. The number of aliphatic hydroxyl groups is 1. The van der Waals surface area contributed by atoms with Gasteiger partial charge in [-0.1, -0.05) is 66.7 Å². The third kappa shape index (κ3) is 4.52. The van der Waals surface area contributed by atoms with Crippen LogP contribution in [-0.4, -0.2) is 36.0 Å². The highest BCUT2D eigenvalue weighted by atomic mass is 16.3. The number of hydrogen-bond acceptors (Lipinski definition) is 4. The first-order valence-corrected chi connectivity index (χ1v) is 9.03. The van der Waals surface area contributed by atoms with Crippen LogP contribution in [0.1, 0.15) is 10.4 Å². The van der Waals surface area contributed by atoms with Crippen molar-refractivity contribution in [2.45, 2.75) is 6.04 Å². The molecule has 3 rings (SSSR count). The minimum Gasteiger partial charge on any atom is -0.388 e. The summed E-state index contributed by atoms with van der Waals surface area (Å²) in [6, 6.07) is 24.6. The topological polar surface area (TPSA) is 92.4 Å². The van der Waals surface area contributed by atoms with Crippen molar-refractivity contribution in [3.8, 4) is 22.3 Å². The number of benzene rings is 3. The SMILES string of the molecule is NC[C@H](NC(=O)c1ccc(-c2ccc(-c3ccccc3)cc2)cc1)C(=O)CO. The van der Waals surface area contributed by atoms with Crippen molar-refractivity contribution >= 4 is 11.7 Å². The van der Waals surface area contributed by atoms with E-state index in [1.807, 2.05) is 42.5 Å². The summed E-state index contributed by atoms with van der Waals surface area (Å²) >= 11 is 0. The summed E-state index contributed by atoms with van der Waals surface area (Å²) in [5.41, 5.74) is 10.2. The van der Waals surface area contributed by atoms with E-state index in [4.69, 9.17) is 10.8 Å². The van der Waals surface area contributed by atoms with Crippen molar-refractivity contribution < 1.29 is 14.7 Å². The molecule has 0 bridgehead atoms. The van der Waals surface area contributed by atoms with Crippen molar-refractivity contribution in [3.63, 3.8) is 0 Å². The Bertz CT molecular complexity index is 936. The van der Waals surface area contributed by atoms with E-state index < -0.39 is 24.3 Å². The lowest BCUT2D eigenvalue weighted by molar-refractivity contribution is -0.123. The molecule has 4 N–H and O–H groups in total. The Labute approximate surface area is 163 Å². The molecule has 3 aromatic carbocycles. The Morgan fingerprint density at radius 1 is 0.786 bits per heavy atom. The molecule has 0 heterocycles. The van der Waals surface area contributed by atoms with Crippen molar-refractivity contribution in [2.75, 3.05) is 13.2 Å². The summed E-state index contributed by atoms with van der Waals surface area (Å²) in [4.78, 5) is 23.8. The molecule has 1 amide bonds. The molecule has 0 radical (unpaired) electrons. The van der Waals surface area contributed by atoms with Crippen molar-refractivity contribution in [1.29, 1.82) is 0 Å². The molecule has 5 heteroatoms. The zero-order chi connectivity index (χ0) is 19.9. The predicted octanol–water partition coefficient (Wildman–Crippen LogP) is 2.64. The molecule has 5 nitrogen and oxygen atoms in total. The van der Waals surface area contributed by atoms with Gasteiger partial charge in [-0.15, -0.1) is 0 Å². The van der Waals surface area contributed by atoms with Crippen LogP contribution in [0.15, 0.2) is 78.9 Å². The van der Waals surface area contributed by atoms with Crippen molar-refractivity contribution in [2.24, 2.45) is 5.73 Å². The van der Waals surface area contributed by atoms with Crippen LogP contribution in [0, 0.1) is 0 Å². The lowest BCUT2D eigenvalue weighted by Crippen LogP contribution is -2.46. The molecular weight excluding hydrogens is 352 g/mol. The number of nitrogens with one attached hydrogen (secondary N) is 1. The highest BCUT2D eigenvalue weighted by Gasteiger charge is 2.18. The van der Waals surface area contributed by atoms with Crippen molar-refractivity contribution in [1.82, 2.24) is 5.32 Å². The van der Waals surface area contributed by atoms with Gasteiger partial charge in [-0.3, -0.25) is 9.59 Å². The molecule has 142 valence electrons. The third-order valence-corrected chi connectivity index (χ3v) is 4.56. The van der Waals surface area contributed by atoms with Crippen LogP contribution in [0.25, 0.3) is 22.3 Å². The summed E-state index contributed by atoms with van der Waals surface area (Å²) < 4.78 is 0. The lowest BCUT2D eigenvalue weighted by Gasteiger charge is -2.14. The summed E-state index contributed by atoms with van der Waals surface area (Å²) in [7, 11) is 0. The molecular formula is C23H22N2O3. The summed E-state index contributed by atoms with van der Waals surface area (Å²) in [5, 5.41) is 11.5. The first-order valence-electron chi connectivity index (χ1n) is 9.03. The number of rotatable bonds is 7. The highest BCUT2D eigenvalue weighted by Crippen LogP contribution is 2.25. The van der Waals surface area contributed by atoms with Gasteiger partial charge in [0.15, 0.2) is 5.78 Å². The van der Waals surface area contributed by atoms with Gasteiger partial charge in [0, 0.05) is 12.1 Å². The number of ketones is 1. The minimum atomic E-state index is -0.886. The Kier molecular flexibility index (Phi) is 6.32. The van der Waals surface area contributed by atoms with Gasteiger partial charge in [-0.25, -0.2) is 0 Å². The van der Waals surface area contributed by atoms with E-state index in [9.17, 15) is 9.59 Å². The number of hydrogen-bond donors (Lipinski definition) is 3. The number of amides is 1. The Hall–Kier alpha value is -3.28. The molecule has 3 aromatic rings. The third-order valence-electron chi connectivity index (χ3n) is 4.56. The van der Waals surface area contributed by atoms with E-state index in [1.165, 1.54) is 0 Å². The summed E-state index contributed by atoms with van der Waals surface area (Å²) in [5.74, 6) is -0.908. The van der Waals surface area contributed by atoms with Crippen LogP contribution in [0.2, 0.25) is 0 Å². The van der Waals surface area contributed by atoms with Gasteiger partial charge in [0.2, 0.25) is 0 Å². The molecule has 0 saturated heterocycles. The Morgan fingerprint density at radius 3 is 1.71 bits per heavy atom. The fourth-order valence-electron chi connectivity index (χ4n) is 2.92. The van der Waals surface area contributed by atoms with Gasteiger partial charge in [0.1, 0.15) is 12.6 Å². The zero-order valence-electron chi connectivity index (χ0n) is 15.3. The van der Waals surface area contributed by atoms with Crippen LogP contribution < -0.4 is 11.1 Å². The molecule has 1 atom stereocenters. The molecule has 0 unspecified atom stereocenters. The molecule has 0 aliphatic carbocycles. The van der Waals surface area contributed by atoms with Gasteiger partial charge >= 0.3 is 0 Å². The maximum atomic E-state index is 12.3. The highest BCUT2D eigenvalue weighted by molar-refractivity contribution is 5.98. The zero-order valence-corrected chi connectivity index (χ0v) is 15.3. The van der Waals surface area contributed by atoms with Crippen LogP contribution in [0.4, 0.5) is 0 Å². The largest absolute Gasteiger partial charge is 0.388 e. The van der Waals surface area contributed by atoms with Crippen LogP contribution in [0.3, 0.4) is 0 Å². The van der Waals surface area contributed by atoms with Gasteiger partial charge in [-0.05, 0) is 34.4 Å². The summed E-state index contributed by atoms with van der Waals surface area (Å²) in [6.45, 7) is -0.711. The van der Waals surface area contributed by atoms with Crippen LogP contribution >= 0.6 is 0 Å². The smallest absolute Gasteiger partial charge is 0.251 e. The number of carbonyl (C=O) groups excluding carboxylic acids is 2. The predicted molar refractivity (Wildman–Crippen MR) is 110 cm³/mol. The normalized spacial score (nSPS) is 11.6. The standard InChI is InChI=1S/C23H22N2O3/c24-14-21(22(27)15-26)25-23(28)20-12-10-19(11-13-20)18-8-6-17(7-9-18)16-4-2-1-3-5-16/h1-13,21,26H,14-15,24H2,(H,25,28)/t21-/m0/s1. The van der Waals surface area contributed by atoms with Crippen LogP contribution in [-0.2, 0) is 4.79 Å². The van der Waals surface area contributed by atoms with Gasteiger partial charge in [0.05, 0.1) is 0 Å². The lowest BCUT2D eigenvalue weighted by atomic mass is 9.99. The van der Waals surface area contributed by atoms with E-state index in [1.54, 1.807) is 12.1 Å². The molecule has 0 saturated carbocycles. The second-order valence-electron chi connectivity index (χ2n) is 6.41. The van der Waals surface area contributed by atoms with E-state index in [0.717, 1.165) is 22.3 Å². The van der Waals surface area contributed by atoms with Crippen molar-refractivity contribution in [3.05, 3.63) is 84.4 Å². The van der Waals surface area contributed by atoms with E-state index >= 15 is 0 Å². The molecule has 28 heavy (non-hydrogen) atoms. The fraction of sp³-hybridized carbons (Fsp3) is 0.130. The number of nitrogens with two attached hydrogens (primary N) is 1.